The molecule has 4 aromatic rings. The average molecular weight is 588 g/mol. The van der Waals surface area contributed by atoms with Crippen LogP contribution in [0.15, 0.2) is 64.6 Å². The number of rotatable bonds is 8. The molecule has 0 saturated heterocycles. The third-order valence-corrected chi connectivity index (χ3v) is 9.10. The summed E-state index contributed by atoms with van der Waals surface area (Å²) in [5, 5.41) is 37.3. The van der Waals surface area contributed by atoms with Crippen LogP contribution >= 0.6 is 11.8 Å². The summed E-state index contributed by atoms with van der Waals surface area (Å²) in [6, 6.07) is 18.3. The smallest absolute Gasteiger partial charge is 0.225 e. The molecule has 2 fully saturated rings. The predicted octanol–water partition coefficient (Wildman–Crippen LogP) is 4.06. The summed E-state index contributed by atoms with van der Waals surface area (Å²) in [4.78, 5) is 23.3. The minimum absolute atomic E-state index is 0.0476. The second kappa shape index (κ2) is 11.3. The molecule has 42 heavy (non-hydrogen) atoms. The van der Waals surface area contributed by atoms with Crippen LogP contribution in [-0.2, 0) is 10.2 Å². The first-order chi connectivity index (χ1) is 20.1. The molecule has 2 aliphatic carbocycles. The molecule has 11 heteroatoms. The Morgan fingerprint density at radius 2 is 1.76 bits per heavy atom. The number of aliphatic hydroxyl groups is 2. The van der Waals surface area contributed by atoms with Crippen LogP contribution in [0.25, 0.3) is 11.2 Å². The standard InChI is InChI=1S/C31H37N7O3S/c1-5-32-29(41)21-16-23(26(40)25(21)39)38-28-24(36-37-38)27(33-22-15-20(22)17-9-7-6-8-10-17)34-30(35-28)42-19-13-11-18(12-14-19)31(2,3)4/h6-14,20-23,25-26,39-40H,5,15-16H2,1-4H3,(H,32,41)(H,33,34,35)/t20?,21-,22?,23+,25+,26-/m1/s1. The van der Waals surface area contributed by atoms with E-state index >= 15 is 0 Å². The topological polar surface area (TPSA) is 138 Å². The van der Waals surface area contributed by atoms with Crippen molar-refractivity contribution in [2.75, 3.05) is 11.9 Å². The maximum absolute atomic E-state index is 12.6. The highest BCUT2D eigenvalue weighted by atomic mass is 32.2. The molecule has 0 bridgehead atoms. The van der Waals surface area contributed by atoms with E-state index in [1.165, 1.54) is 22.9 Å². The molecule has 2 aromatic heterocycles. The first-order valence-electron chi connectivity index (χ1n) is 14.5. The van der Waals surface area contributed by atoms with Crippen molar-refractivity contribution in [3.63, 3.8) is 0 Å². The summed E-state index contributed by atoms with van der Waals surface area (Å²) in [5.74, 6) is -0.0887. The predicted molar refractivity (Wildman–Crippen MR) is 161 cm³/mol. The molecule has 2 aromatic carbocycles. The first-order valence-corrected chi connectivity index (χ1v) is 15.3. The molecule has 6 rings (SSSR count). The fourth-order valence-electron chi connectivity index (χ4n) is 5.72. The van der Waals surface area contributed by atoms with E-state index in [0.29, 0.717) is 34.6 Å². The molecule has 2 aliphatic rings. The molecule has 220 valence electrons. The molecule has 0 aliphatic heterocycles. The van der Waals surface area contributed by atoms with Gasteiger partial charge in [-0.3, -0.25) is 4.79 Å². The fraction of sp³-hybridized carbons (Fsp3) is 0.452. The summed E-state index contributed by atoms with van der Waals surface area (Å²) in [5.41, 5.74) is 3.50. The van der Waals surface area contributed by atoms with Crippen molar-refractivity contribution >= 4 is 34.7 Å². The Kier molecular flexibility index (Phi) is 7.67. The Morgan fingerprint density at radius 1 is 1.02 bits per heavy atom. The van der Waals surface area contributed by atoms with E-state index in [-0.39, 0.29) is 23.8 Å². The van der Waals surface area contributed by atoms with Crippen LogP contribution in [0.1, 0.15) is 63.6 Å². The molecule has 0 radical (unpaired) electrons. The van der Waals surface area contributed by atoms with Crippen molar-refractivity contribution in [3.05, 3.63) is 65.7 Å². The van der Waals surface area contributed by atoms with Crippen LogP contribution in [0.4, 0.5) is 5.82 Å². The maximum atomic E-state index is 12.6. The average Bonchev–Trinajstić information content (AvgIpc) is 3.51. The molecule has 2 heterocycles. The molecule has 6 atom stereocenters. The van der Waals surface area contributed by atoms with Gasteiger partial charge in [0.2, 0.25) is 5.91 Å². The first kappa shape index (κ1) is 28.6. The highest BCUT2D eigenvalue weighted by molar-refractivity contribution is 7.99. The molecule has 4 N–H and O–H groups in total. The number of hydrogen-bond donors (Lipinski definition) is 4. The SMILES string of the molecule is CCNC(=O)[C@@H]1C[C@H](n2nnc3c(NC4CC4c4ccccc4)nc(Sc4ccc(C(C)(C)C)cc4)nc32)[C@@H](O)[C@H]1O. The van der Waals surface area contributed by atoms with Crippen LogP contribution < -0.4 is 10.6 Å². The Morgan fingerprint density at radius 3 is 2.45 bits per heavy atom. The van der Waals surface area contributed by atoms with Crippen LogP contribution in [0.3, 0.4) is 0 Å². The molecular weight excluding hydrogens is 550 g/mol. The number of anilines is 1. The molecule has 10 nitrogen and oxygen atoms in total. The molecule has 2 unspecified atom stereocenters. The second-order valence-electron chi connectivity index (χ2n) is 12.2. The van der Waals surface area contributed by atoms with Crippen LogP contribution in [0, 0.1) is 5.92 Å². The number of nitrogens with zero attached hydrogens (tertiary/aromatic N) is 5. The number of carbonyl (C=O) groups excluding carboxylic acids is 1. The van der Waals surface area contributed by atoms with Crippen LogP contribution in [0.2, 0.25) is 0 Å². The monoisotopic (exact) mass is 587 g/mol. The molecular formula is C31H37N7O3S. The molecule has 1 amide bonds. The summed E-state index contributed by atoms with van der Waals surface area (Å²) < 4.78 is 1.55. The van der Waals surface area contributed by atoms with Crippen molar-refractivity contribution in [1.29, 1.82) is 0 Å². The second-order valence-corrected chi connectivity index (χ2v) is 13.3. The van der Waals surface area contributed by atoms with E-state index in [1.807, 2.05) is 25.1 Å². The van der Waals surface area contributed by atoms with Gasteiger partial charge >= 0.3 is 0 Å². The van der Waals surface area contributed by atoms with Gasteiger partial charge in [-0.15, -0.1) is 5.10 Å². The highest BCUT2D eigenvalue weighted by Crippen LogP contribution is 2.44. The summed E-state index contributed by atoms with van der Waals surface area (Å²) in [7, 11) is 0. The van der Waals surface area contributed by atoms with E-state index < -0.39 is 24.2 Å². The number of carbonyl (C=O) groups is 1. The summed E-state index contributed by atoms with van der Waals surface area (Å²) >= 11 is 1.44. The van der Waals surface area contributed by atoms with E-state index in [2.05, 4.69) is 78.1 Å². The van der Waals surface area contributed by atoms with Gasteiger partial charge in [-0.1, -0.05) is 68.4 Å². The van der Waals surface area contributed by atoms with E-state index in [1.54, 1.807) is 4.68 Å². The van der Waals surface area contributed by atoms with Crippen LogP contribution in [-0.4, -0.2) is 65.9 Å². The minimum Gasteiger partial charge on any atom is -0.390 e. The zero-order valence-corrected chi connectivity index (χ0v) is 25.0. The van der Waals surface area contributed by atoms with Gasteiger partial charge in [0.25, 0.3) is 0 Å². The maximum Gasteiger partial charge on any atom is 0.225 e. The zero-order chi connectivity index (χ0) is 29.6. The highest BCUT2D eigenvalue weighted by Gasteiger charge is 2.47. The van der Waals surface area contributed by atoms with Gasteiger partial charge in [0.1, 0.15) is 6.10 Å². The van der Waals surface area contributed by atoms with Gasteiger partial charge in [-0.2, -0.15) is 0 Å². The van der Waals surface area contributed by atoms with Crippen molar-refractivity contribution in [2.45, 2.75) is 86.2 Å². The largest absolute Gasteiger partial charge is 0.390 e. The number of amides is 1. The molecule has 2 saturated carbocycles. The number of hydrogen-bond acceptors (Lipinski definition) is 9. The van der Waals surface area contributed by atoms with Crippen molar-refractivity contribution in [2.24, 2.45) is 5.92 Å². The van der Waals surface area contributed by atoms with Crippen LogP contribution in [0.5, 0.6) is 0 Å². The minimum atomic E-state index is -1.21. The lowest BCUT2D eigenvalue weighted by Gasteiger charge is -2.19. The zero-order valence-electron chi connectivity index (χ0n) is 24.2. The number of nitrogens with one attached hydrogen (secondary N) is 2. The fourth-order valence-corrected chi connectivity index (χ4v) is 6.48. The van der Waals surface area contributed by atoms with Crippen molar-refractivity contribution in [3.8, 4) is 0 Å². The van der Waals surface area contributed by atoms with E-state index in [0.717, 1.165) is 11.3 Å². The lowest BCUT2D eigenvalue weighted by Crippen LogP contribution is -2.38. The number of aromatic nitrogens is 5. The van der Waals surface area contributed by atoms with E-state index in [4.69, 9.17) is 9.97 Å². The van der Waals surface area contributed by atoms with Gasteiger partial charge in [0, 0.05) is 23.4 Å². The Hall–Kier alpha value is -3.54. The molecule has 0 spiro atoms. The Balaban J connectivity index is 1.34. The van der Waals surface area contributed by atoms with Gasteiger partial charge in [0.15, 0.2) is 22.1 Å². The van der Waals surface area contributed by atoms with Gasteiger partial charge in [0.05, 0.1) is 18.1 Å². The van der Waals surface area contributed by atoms with Crippen molar-refractivity contribution < 1.29 is 15.0 Å². The number of aliphatic hydroxyl groups excluding tert-OH is 2. The normalized spacial score (nSPS) is 25.5. The van der Waals surface area contributed by atoms with Gasteiger partial charge < -0.3 is 20.8 Å². The quantitative estimate of drug-likeness (QED) is 0.225. The van der Waals surface area contributed by atoms with Crippen molar-refractivity contribution in [1.82, 2.24) is 30.3 Å². The lowest BCUT2D eigenvalue weighted by molar-refractivity contribution is -0.128. The lowest BCUT2D eigenvalue weighted by atomic mass is 9.87. The Bertz CT molecular complexity index is 1570. The third-order valence-electron chi connectivity index (χ3n) is 8.23. The van der Waals surface area contributed by atoms with Gasteiger partial charge in [-0.25, -0.2) is 14.6 Å². The summed E-state index contributed by atoms with van der Waals surface area (Å²) in [6.45, 7) is 8.82. The summed E-state index contributed by atoms with van der Waals surface area (Å²) in [6.07, 6.45) is -1.22. The number of fused-ring (bicyclic) bond motifs is 1. The van der Waals surface area contributed by atoms with E-state index in [9.17, 15) is 15.0 Å². The Labute approximate surface area is 249 Å². The van der Waals surface area contributed by atoms with Gasteiger partial charge in [-0.05, 0) is 60.2 Å². The number of benzene rings is 2. The third kappa shape index (κ3) is 5.60.